The third-order valence-electron chi connectivity index (χ3n) is 3.09. The van der Waals surface area contributed by atoms with Crippen LogP contribution in [0.2, 0.25) is 5.15 Å². The molecule has 98 valence electrons. The molecule has 1 saturated carbocycles. The van der Waals surface area contributed by atoms with Crippen molar-refractivity contribution >= 4 is 27.5 Å². The van der Waals surface area contributed by atoms with Crippen molar-refractivity contribution in [2.75, 3.05) is 0 Å². The zero-order valence-electron chi connectivity index (χ0n) is 9.85. The molecule has 1 heterocycles. The maximum atomic E-state index is 12.4. The maximum absolute atomic E-state index is 12.4. The Morgan fingerprint density at radius 1 is 1.16 bits per heavy atom. The first kappa shape index (κ1) is 12.7. The van der Waals surface area contributed by atoms with Crippen molar-refractivity contribution in [2.45, 2.75) is 18.9 Å². The highest BCUT2D eigenvalue weighted by Gasteiger charge is 2.28. The molecule has 0 atom stereocenters. The van der Waals surface area contributed by atoms with Gasteiger partial charge in [-0.15, -0.1) is 0 Å². The van der Waals surface area contributed by atoms with E-state index in [1.165, 1.54) is 15.2 Å². The summed E-state index contributed by atoms with van der Waals surface area (Å²) in [6, 6.07) is 8.52. The summed E-state index contributed by atoms with van der Waals surface area (Å²) in [5.74, 6) is 0. The lowest BCUT2D eigenvalue weighted by atomic mass is 10.3. The molecule has 19 heavy (non-hydrogen) atoms. The smallest absolute Gasteiger partial charge is 0.269 e. The second-order valence-electron chi connectivity index (χ2n) is 4.50. The number of halogens is 2. The molecule has 0 bridgehead atoms. The summed E-state index contributed by atoms with van der Waals surface area (Å²) in [6.45, 7) is 0. The normalized spacial score (nSPS) is 14.6. The van der Waals surface area contributed by atoms with E-state index in [1.54, 1.807) is 12.1 Å². The van der Waals surface area contributed by atoms with Gasteiger partial charge in [0.25, 0.3) is 5.56 Å². The first-order valence-electron chi connectivity index (χ1n) is 5.88. The standard InChI is InChI=1S/C13H10BrClN2O2/c14-8-1-3-9(4-2-8)16-11(15)7-12(18)17(13(16)19)10-5-6-10/h1-4,7,10H,5-6H2. The Kier molecular flexibility index (Phi) is 3.11. The molecule has 0 unspecified atom stereocenters. The molecule has 1 aromatic carbocycles. The Bertz CT molecular complexity index is 745. The quantitative estimate of drug-likeness (QED) is 0.788. The predicted molar refractivity (Wildman–Crippen MR) is 77.3 cm³/mol. The summed E-state index contributed by atoms with van der Waals surface area (Å²) in [6.07, 6.45) is 1.74. The summed E-state index contributed by atoms with van der Waals surface area (Å²) in [5, 5.41) is 0.134. The third kappa shape index (κ3) is 2.28. The first-order chi connectivity index (χ1) is 9.08. The average molecular weight is 342 g/mol. The van der Waals surface area contributed by atoms with Crippen molar-refractivity contribution in [3.63, 3.8) is 0 Å². The first-order valence-corrected chi connectivity index (χ1v) is 7.05. The fraction of sp³-hybridized carbons (Fsp3) is 0.231. The summed E-state index contributed by atoms with van der Waals surface area (Å²) >= 11 is 9.38. The van der Waals surface area contributed by atoms with Crippen molar-refractivity contribution in [2.24, 2.45) is 0 Å². The highest BCUT2D eigenvalue weighted by molar-refractivity contribution is 9.10. The van der Waals surface area contributed by atoms with E-state index in [-0.39, 0.29) is 22.4 Å². The molecule has 6 heteroatoms. The van der Waals surface area contributed by atoms with Crippen LogP contribution in [-0.4, -0.2) is 9.13 Å². The number of benzene rings is 1. The van der Waals surface area contributed by atoms with Gasteiger partial charge >= 0.3 is 5.69 Å². The Hall–Kier alpha value is -1.33. The van der Waals surface area contributed by atoms with Crippen molar-refractivity contribution in [3.05, 3.63) is 60.8 Å². The highest BCUT2D eigenvalue weighted by atomic mass is 79.9. The summed E-state index contributed by atoms with van der Waals surface area (Å²) < 4.78 is 3.55. The van der Waals surface area contributed by atoms with Crippen LogP contribution in [0.25, 0.3) is 5.69 Å². The van der Waals surface area contributed by atoms with E-state index < -0.39 is 0 Å². The fourth-order valence-electron chi connectivity index (χ4n) is 2.02. The van der Waals surface area contributed by atoms with Crippen molar-refractivity contribution in [1.29, 1.82) is 0 Å². The van der Waals surface area contributed by atoms with E-state index in [2.05, 4.69) is 15.9 Å². The maximum Gasteiger partial charge on any atom is 0.337 e. The predicted octanol–water partition coefficient (Wildman–Crippen LogP) is 2.75. The van der Waals surface area contributed by atoms with Gasteiger partial charge in [-0.3, -0.25) is 13.9 Å². The van der Waals surface area contributed by atoms with Gasteiger partial charge in [0.1, 0.15) is 5.15 Å². The van der Waals surface area contributed by atoms with Gasteiger partial charge < -0.3 is 0 Å². The molecular formula is C13H10BrClN2O2. The number of rotatable bonds is 2. The number of aromatic nitrogens is 2. The Morgan fingerprint density at radius 3 is 2.37 bits per heavy atom. The summed E-state index contributed by atoms with van der Waals surface area (Å²) in [4.78, 5) is 24.2. The third-order valence-corrected chi connectivity index (χ3v) is 3.89. The van der Waals surface area contributed by atoms with E-state index in [4.69, 9.17) is 11.6 Å². The second-order valence-corrected chi connectivity index (χ2v) is 5.80. The second kappa shape index (κ2) is 4.65. The van der Waals surface area contributed by atoms with Crippen LogP contribution < -0.4 is 11.2 Å². The molecule has 0 spiro atoms. The van der Waals surface area contributed by atoms with Gasteiger partial charge in [0.2, 0.25) is 0 Å². The number of nitrogens with zero attached hydrogens (tertiary/aromatic N) is 2. The highest BCUT2D eigenvalue weighted by Crippen LogP contribution is 2.32. The lowest BCUT2D eigenvalue weighted by Gasteiger charge is -2.11. The monoisotopic (exact) mass is 340 g/mol. The van der Waals surface area contributed by atoms with Crippen molar-refractivity contribution < 1.29 is 0 Å². The van der Waals surface area contributed by atoms with Gasteiger partial charge in [-0.05, 0) is 37.1 Å². The fourth-order valence-corrected chi connectivity index (χ4v) is 2.55. The molecule has 1 aromatic heterocycles. The van der Waals surface area contributed by atoms with E-state index in [0.717, 1.165) is 17.3 Å². The Balaban J connectivity index is 2.26. The van der Waals surface area contributed by atoms with Gasteiger partial charge in [0.05, 0.1) is 5.69 Å². The van der Waals surface area contributed by atoms with Gasteiger partial charge in [-0.2, -0.15) is 0 Å². The zero-order chi connectivity index (χ0) is 13.6. The number of hydrogen-bond acceptors (Lipinski definition) is 2. The van der Waals surface area contributed by atoms with Gasteiger partial charge in [0.15, 0.2) is 0 Å². The van der Waals surface area contributed by atoms with Crippen LogP contribution in [0.15, 0.2) is 44.4 Å². The molecule has 0 aliphatic heterocycles. The molecule has 4 nitrogen and oxygen atoms in total. The van der Waals surface area contributed by atoms with Crippen LogP contribution in [0.1, 0.15) is 18.9 Å². The molecule has 3 rings (SSSR count). The molecule has 2 aromatic rings. The molecule has 0 saturated heterocycles. The van der Waals surface area contributed by atoms with Crippen LogP contribution >= 0.6 is 27.5 Å². The minimum atomic E-state index is -0.373. The zero-order valence-corrected chi connectivity index (χ0v) is 12.2. The molecular weight excluding hydrogens is 332 g/mol. The van der Waals surface area contributed by atoms with Crippen LogP contribution in [0, 0.1) is 0 Å². The summed E-state index contributed by atoms with van der Waals surface area (Å²) in [5.41, 5.74) is -0.0548. The average Bonchev–Trinajstić information content (AvgIpc) is 3.15. The Labute approximate surface area is 122 Å². The van der Waals surface area contributed by atoms with E-state index in [9.17, 15) is 9.59 Å². The minimum Gasteiger partial charge on any atom is -0.269 e. The van der Waals surface area contributed by atoms with E-state index in [0.29, 0.717) is 5.69 Å². The number of hydrogen-bond donors (Lipinski definition) is 0. The largest absolute Gasteiger partial charge is 0.337 e. The molecule has 0 amide bonds. The molecule has 1 fully saturated rings. The van der Waals surface area contributed by atoms with Crippen LogP contribution in [-0.2, 0) is 0 Å². The summed E-state index contributed by atoms with van der Waals surface area (Å²) in [7, 11) is 0. The van der Waals surface area contributed by atoms with Gasteiger partial charge in [-0.25, -0.2) is 4.79 Å². The topological polar surface area (TPSA) is 44.0 Å². The SMILES string of the molecule is O=c1cc(Cl)n(-c2ccc(Br)cc2)c(=O)n1C1CC1. The molecule has 1 aliphatic rings. The van der Waals surface area contributed by atoms with Crippen LogP contribution in [0.3, 0.4) is 0 Å². The molecule has 0 radical (unpaired) electrons. The van der Waals surface area contributed by atoms with Gasteiger partial charge in [-0.1, -0.05) is 27.5 Å². The lowest BCUT2D eigenvalue weighted by Crippen LogP contribution is -2.38. The van der Waals surface area contributed by atoms with Crippen molar-refractivity contribution in [1.82, 2.24) is 9.13 Å². The Morgan fingerprint density at radius 2 is 1.79 bits per heavy atom. The lowest BCUT2D eigenvalue weighted by molar-refractivity contribution is 0.631. The molecule has 1 aliphatic carbocycles. The van der Waals surface area contributed by atoms with Crippen molar-refractivity contribution in [3.8, 4) is 5.69 Å². The van der Waals surface area contributed by atoms with Crippen LogP contribution in [0.4, 0.5) is 0 Å². The van der Waals surface area contributed by atoms with E-state index in [1.807, 2.05) is 12.1 Å². The van der Waals surface area contributed by atoms with E-state index >= 15 is 0 Å². The van der Waals surface area contributed by atoms with Gasteiger partial charge in [0, 0.05) is 16.6 Å². The van der Waals surface area contributed by atoms with Crippen LogP contribution in [0.5, 0.6) is 0 Å². The molecule has 0 N–H and O–H groups in total. The minimum absolute atomic E-state index is 0.0268.